The summed E-state index contributed by atoms with van der Waals surface area (Å²) in [7, 11) is -0.737. The van der Waals surface area contributed by atoms with Crippen LogP contribution in [0.2, 0.25) is 5.02 Å². The molecule has 16 heteroatoms. The maximum atomic E-state index is 14.8. The van der Waals surface area contributed by atoms with Crippen LogP contribution in [0.15, 0.2) is 41.3 Å². The smallest absolute Gasteiger partial charge is 0.409 e. The Kier molecular flexibility index (Phi) is 12.4. The van der Waals surface area contributed by atoms with Crippen LogP contribution in [0.25, 0.3) is 0 Å². The van der Waals surface area contributed by atoms with Gasteiger partial charge in [0, 0.05) is 51.3 Å². The van der Waals surface area contributed by atoms with E-state index in [2.05, 4.69) is 0 Å². The van der Waals surface area contributed by atoms with Crippen molar-refractivity contribution >= 4 is 40.5 Å². The molecule has 1 heterocycles. The molecule has 0 aromatic heterocycles. The number of amides is 3. The molecule has 3 amide bonds. The first-order valence-corrected chi connectivity index (χ1v) is 14.4. The number of benzene rings is 2. The van der Waals surface area contributed by atoms with Gasteiger partial charge in [0.1, 0.15) is 16.7 Å². The number of piperazine rings is 1. The van der Waals surface area contributed by atoms with E-state index >= 15 is 0 Å². The van der Waals surface area contributed by atoms with Crippen LogP contribution < -0.4 is 10.2 Å². The predicted octanol–water partition coefficient (Wildman–Crippen LogP) is 2.47. The third-order valence-corrected chi connectivity index (χ3v) is 7.93. The normalized spacial score (nSPS) is 14.4. The Labute approximate surface area is 249 Å². The molecule has 2 aromatic carbocycles. The Morgan fingerprint density at radius 2 is 1.69 bits per heavy atom. The first-order valence-electron chi connectivity index (χ1n) is 12.9. The fourth-order valence-corrected chi connectivity index (χ4v) is 5.24. The van der Waals surface area contributed by atoms with Gasteiger partial charge >= 0.3 is 6.09 Å². The van der Waals surface area contributed by atoms with Gasteiger partial charge in [-0.1, -0.05) is 11.6 Å². The molecule has 1 atom stereocenters. The van der Waals surface area contributed by atoms with Crippen LogP contribution in [0.3, 0.4) is 0 Å². The van der Waals surface area contributed by atoms with Gasteiger partial charge in [-0.3, -0.25) is 19.7 Å². The quantitative estimate of drug-likeness (QED) is 0.270. The Hall–Kier alpha value is -3.37. The Morgan fingerprint density at radius 1 is 1.07 bits per heavy atom. The molecule has 1 unspecified atom stereocenters. The lowest BCUT2D eigenvalue weighted by Crippen LogP contribution is -2.51. The second-order valence-corrected chi connectivity index (χ2v) is 11.1. The van der Waals surface area contributed by atoms with Gasteiger partial charge in [0.15, 0.2) is 17.4 Å². The van der Waals surface area contributed by atoms with E-state index < -0.39 is 46.9 Å². The SMILES string of the molecule is CCOC(=O)N1CCN(CC(=O)N(C)CCN(CC(=O)NO)S(=O)c2cc(F)c(Oc3ccc(Cl)cc3)c(F)c2)CC1. The molecule has 0 radical (unpaired) electrons. The van der Waals surface area contributed by atoms with Crippen LogP contribution in [0, 0.1) is 11.6 Å². The van der Waals surface area contributed by atoms with Gasteiger partial charge in [0.05, 0.1) is 24.6 Å². The molecule has 2 N–H and O–H groups in total. The highest BCUT2D eigenvalue weighted by Gasteiger charge is 2.26. The highest BCUT2D eigenvalue weighted by atomic mass is 35.5. The van der Waals surface area contributed by atoms with Gasteiger partial charge in [0.25, 0.3) is 5.91 Å². The van der Waals surface area contributed by atoms with Crippen molar-refractivity contribution in [3.63, 3.8) is 0 Å². The lowest BCUT2D eigenvalue weighted by Gasteiger charge is -2.34. The van der Waals surface area contributed by atoms with E-state index in [0.29, 0.717) is 31.2 Å². The minimum atomic E-state index is -2.26. The summed E-state index contributed by atoms with van der Waals surface area (Å²) in [4.78, 5) is 41.1. The van der Waals surface area contributed by atoms with Crippen molar-refractivity contribution in [1.82, 2.24) is 24.5 Å². The number of rotatable bonds is 12. The van der Waals surface area contributed by atoms with Gasteiger partial charge < -0.3 is 19.3 Å². The predicted molar refractivity (Wildman–Crippen MR) is 148 cm³/mol. The Balaban J connectivity index is 1.62. The molecule has 0 saturated carbocycles. The molecule has 230 valence electrons. The van der Waals surface area contributed by atoms with Gasteiger partial charge in [-0.2, -0.15) is 0 Å². The van der Waals surface area contributed by atoms with Crippen molar-refractivity contribution in [2.75, 3.05) is 66.0 Å². The molecule has 2 aromatic rings. The molecular weight excluding hydrogens is 600 g/mol. The zero-order chi connectivity index (χ0) is 30.8. The van der Waals surface area contributed by atoms with Crippen LogP contribution in [0.5, 0.6) is 11.5 Å². The second-order valence-electron chi connectivity index (χ2n) is 9.20. The number of likely N-dealkylation sites (N-methyl/N-ethyl adjacent to an activating group) is 1. The number of halogens is 3. The number of hydroxylamine groups is 1. The maximum absolute atomic E-state index is 14.8. The topological polar surface area (TPSA) is 132 Å². The van der Waals surface area contributed by atoms with Crippen molar-refractivity contribution in [3.05, 3.63) is 53.1 Å². The zero-order valence-corrected chi connectivity index (χ0v) is 24.6. The average molecular weight is 632 g/mol. The van der Waals surface area contributed by atoms with E-state index in [1.807, 2.05) is 4.90 Å². The van der Waals surface area contributed by atoms with E-state index in [1.165, 1.54) is 41.7 Å². The molecule has 0 spiro atoms. The lowest BCUT2D eigenvalue weighted by molar-refractivity contribution is -0.131. The molecular formula is C26H32ClF2N5O7S. The van der Waals surface area contributed by atoms with E-state index in [0.717, 1.165) is 16.4 Å². The van der Waals surface area contributed by atoms with E-state index in [-0.39, 0.29) is 42.8 Å². The van der Waals surface area contributed by atoms with E-state index in [1.54, 1.807) is 11.8 Å². The van der Waals surface area contributed by atoms with Crippen molar-refractivity contribution in [2.45, 2.75) is 11.8 Å². The fraction of sp³-hybridized carbons (Fsp3) is 0.423. The molecule has 0 bridgehead atoms. The van der Waals surface area contributed by atoms with Gasteiger partial charge in [-0.15, -0.1) is 0 Å². The molecule has 3 rings (SSSR count). The van der Waals surface area contributed by atoms with Gasteiger partial charge in [0.2, 0.25) is 5.91 Å². The van der Waals surface area contributed by atoms with Crippen molar-refractivity contribution < 1.29 is 42.1 Å². The van der Waals surface area contributed by atoms with Crippen LogP contribution >= 0.6 is 11.6 Å². The summed E-state index contributed by atoms with van der Waals surface area (Å²) in [5.74, 6) is -4.03. The lowest BCUT2D eigenvalue weighted by atomic mass is 10.3. The Morgan fingerprint density at radius 3 is 2.26 bits per heavy atom. The van der Waals surface area contributed by atoms with Crippen molar-refractivity contribution in [3.8, 4) is 11.5 Å². The molecule has 1 fully saturated rings. The zero-order valence-electron chi connectivity index (χ0n) is 23.1. The number of hydrogen-bond acceptors (Lipinski definition) is 8. The summed E-state index contributed by atoms with van der Waals surface area (Å²) in [6.45, 7) is 3.12. The Bertz CT molecular complexity index is 1260. The van der Waals surface area contributed by atoms with E-state index in [9.17, 15) is 27.4 Å². The third kappa shape index (κ3) is 9.32. The second kappa shape index (κ2) is 15.7. The van der Waals surface area contributed by atoms with Crippen LogP contribution in [-0.2, 0) is 25.3 Å². The summed E-state index contributed by atoms with van der Waals surface area (Å²) in [6.07, 6.45) is -0.399. The molecule has 1 aliphatic heterocycles. The maximum Gasteiger partial charge on any atom is 0.409 e. The van der Waals surface area contributed by atoms with Crippen LogP contribution in [0.1, 0.15) is 6.92 Å². The summed E-state index contributed by atoms with van der Waals surface area (Å²) in [6, 6.07) is 7.44. The number of carbonyl (C=O) groups is 3. The standard InChI is InChI=1S/C26H32ClF2N5O7S/c1-3-40-26(37)33-11-9-32(10-12-33)17-24(36)31(2)8-13-34(16-23(35)30-38)42(39)20-14-21(28)25(22(29)15-20)41-19-6-4-18(27)5-7-19/h4-7,14-15,38H,3,8-13,16-17H2,1-2H3,(H,30,35). The molecule has 1 aliphatic rings. The summed E-state index contributed by atoms with van der Waals surface area (Å²) < 4.78 is 54.3. The highest BCUT2D eigenvalue weighted by Crippen LogP contribution is 2.30. The number of carbonyl (C=O) groups excluding carboxylic acids is 3. The summed E-state index contributed by atoms with van der Waals surface area (Å²) >= 11 is 5.81. The van der Waals surface area contributed by atoms with Crippen LogP contribution in [0.4, 0.5) is 13.6 Å². The number of nitrogens with zero attached hydrogens (tertiary/aromatic N) is 4. The fourth-order valence-electron chi connectivity index (χ4n) is 3.92. The highest BCUT2D eigenvalue weighted by molar-refractivity contribution is 7.82. The van der Waals surface area contributed by atoms with E-state index in [4.69, 9.17) is 26.3 Å². The number of hydrogen-bond donors (Lipinski definition) is 2. The first-order chi connectivity index (χ1) is 20.0. The summed E-state index contributed by atoms with van der Waals surface area (Å²) in [5, 5.41) is 9.38. The minimum Gasteiger partial charge on any atom is -0.451 e. The van der Waals surface area contributed by atoms with Gasteiger partial charge in [-0.25, -0.2) is 27.6 Å². The minimum absolute atomic E-state index is 0.00873. The first kappa shape index (κ1) is 33.1. The average Bonchev–Trinajstić information content (AvgIpc) is 2.97. The van der Waals surface area contributed by atoms with Crippen molar-refractivity contribution in [1.29, 1.82) is 0 Å². The number of nitrogens with one attached hydrogen (secondary N) is 1. The largest absolute Gasteiger partial charge is 0.451 e. The molecule has 1 saturated heterocycles. The summed E-state index contributed by atoms with van der Waals surface area (Å²) in [5.41, 5.74) is 1.43. The van der Waals surface area contributed by atoms with Crippen LogP contribution in [-0.4, -0.2) is 112 Å². The number of ether oxygens (including phenoxy) is 2. The van der Waals surface area contributed by atoms with Gasteiger partial charge in [-0.05, 0) is 43.3 Å². The molecule has 12 nitrogen and oxygen atoms in total. The monoisotopic (exact) mass is 631 g/mol. The van der Waals surface area contributed by atoms with Crippen molar-refractivity contribution in [2.24, 2.45) is 0 Å². The molecule has 42 heavy (non-hydrogen) atoms. The molecule has 0 aliphatic carbocycles. The third-order valence-electron chi connectivity index (χ3n) is 6.25.